The molecule has 3 aromatic rings. The van der Waals surface area contributed by atoms with Crippen LogP contribution in [0, 0.1) is 6.92 Å². The molecule has 22 heavy (non-hydrogen) atoms. The van der Waals surface area contributed by atoms with Crippen molar-refractivity contribution in [3.63, 3.8) is 0 Å². The topological polar surface area (TPSA) is 147 Å². The van der Waals surface area contributed by atoms with E-state index in [-0.39, 0.29) is 28.5 Å². The molecule has 6 N–H and O–H groups in total. The van der Waals surface area contributed by atoms with E-state index in [2.05, 4.69) is 19.9 Å². The van der Waals surface area contributed by atoms with E-state index < -0.39 is 5.91 Å². The van der Waals surface area contributed by atoms with E-state index in [4.69, 9.17) is 17.2 Å². The first kappa shape index (κ1) is 13.7. The summed E-state index contributed by atoms with van der Waals surface area (Å²) in [6.45, 7) is 1.96. The van der Waals surface area contributed by atoms with Gasteiger partial charge in [0.25, 0.3) is 5.91 Å². The summed E-state index contributed by atoms with van der Waals surface area (Å²) < 4.78 is 0. The fourth-order valence-electron chi connectivity index (χ4n) is 2.08. The monoisotopic (exact) mass is 295 g/mol. The van der Waals surface area contributed by atoms with E-state index in [9.17, 15) is 4.79 Å². The van der Waals surface area contributed by atoms with E-state index in [0.717, 1.165) is 11.1 Å². The molecule has 0 aliphatic rings. The first-order valence-electron chi connectivity index (χ1n) is 6.43. The van der Waals surface area contributed by atoms with Gasteiger partial charge in [0.2, 0.25) is 0 Å². The molecule has 8 nitrogen and oxygen atoms in total. The standard InChI is InChI=1S/C14H13N7O/c1-6-3-2-4-7(5-6)13-19-11(16)9-14(21-13)20-10(15)8(18-9)12(17)22/h2-5H,1H3,(H2,17,22)(H4,15,16,19,20,21). The molecule has 1 aromatic carbocycles. The van der Waals surface area contributed by atoms with Crippen molar-refractivity contribution >= 4 is 28.7 Å². The Labute approximate surface area is 125 Å². The van der Waals surface area contributed by atoms with Gasteiger partial charge in [-0.15, -0.1) is 0 Å². The number of hydrogen-bond donors (Lipinski definition) is 3. The summed E-state index contributed by atoms with van der Waals surface area (Å²) in [5.74, 6) is -0.354. The molecular weight excluding hydrogens is 282 g/mol. The molecule has 0 aliphatic carbocycles. The molecule has 0 saturated carbocycles. The van der Waals surface area contributed by atoms with Crippen LogP contribution in [0.15, 0.2) is 24.3 Å². The molecule has 0 aliphatic heterocycles. The minimum absolute atomic E-state index is 0.0895. The van der Waals surface area contributed by atoms with Gasteiger partial charge in [-0.25, -0.2) is 19.9 Å². The molecule has 110 valence electrons. The molecule has 0 spiro atoms. The second-order valence-corrected chi connectivity index (χ2v) is 4.80. The zero-order valence-electron chi connectivity index (χ0n) is 11.7. The van der Waals surface area contributed by atoms with Gasteiger partial charge in [0.05, 0.1) is 0 Å². The lowest BCUT2D eigenvalue weighted by Crippen LogP contribution is -2.17. The predicted molar refractivity (Wildman–Crippen MR) is 82.6 cm³/mol. The van der Waals surface area contributed by atoms with Gasteiger partial charge in [-0.1, -0.05) is 23.8 Å². The fourth-order valence-corrected chi connectivity index (χ4v) is 2.08. The van der Waals surface area contributed by atoms with Gasteiger partial charge in [0.15, 0.2) is 34.3 Å². The van der Waals surface area contributed by atoms with Crippen LogP contribution < -0.4 is 17.2 Å². The largest absolute Gasteiger partial charge is 0.382 e. The lowest BCUT2D eigenvalue weighted by atomic mass is 10.1. The maximum atomic E-state index is 11.3. The number of aromatic nitrogens is 4. The highest BCUT2D eigenvalue weighted by atomic mass is 16.1. The lowest BCUT2D eigenvalue weighted by Gasteiger charge is -2.07. The molecule has 0 radical (unpaired) electrons. The van der Waals surface area contributed by atoms with Crippen LogP contribution in [-0.2, 0) is 0 Å². The van der Waals surface area contributed by atoms with Crippen molar-refractivity contribution in [2.75, 3.05) is 11.5 Å². The van der Waals surface area contributed by atoms with E-state index in [1.165, 1.54) is 0 Å². The Bertz CT molecular complexity index is 907. The predicted octanol–water partition coefficient (Wildman–Crippen LogP) is 0.659. The van der Waals surface area contributed by atoms with Gasteiger partial charge in [0.1, 0.15) is 0 Å². The highest BCUT2D eigenvalue weighted by Gasteiger charge is 2.16. The van der Waals surface area contributed by atoms with Crippen LogP contribution in [0.3, 0.4) is 0 Å². The van der Waals surface area contributed by atoms with Crippen LogP contribution in [0.25, 0.3) is 22.6 Å². The maximum absolute atomic E-state index is 11.3. The summed E-state index contributed by atoms with van der Waals surface area (Å²) in [5.41, 5.74) is 18.9. The van der Waals surface area contributed by atoms with Gasteiger partial charge in [-0.2, -0.15) is 0 Å². The van der Waals surface area contributed by atoms with Crippen molar-refractivity contribution in [1.29, 1.82) is 0 Å². The van der Waals surface area contributed by atoms with Crippen LogP contribution >= 0.6 is 0 Å². The zero-order chi connectivity index (χ0) is 15.9. The number of anilines is 2. The number of aryl methyl sites for hydroxylation is 1. The molecule has 0 unspecified atom stereocenters. The van der Waals surface area contributed by atoms with E-state index in [1.54, 1.807) is 0 Å². The van der Waals surface area contributed by atoms with Crippen molar-refractivity contribution in [1.82, 2.24) is 19.9 Å². The molecule has 0 atom stereocenters. The Morgan fingerprint density at radius 3 is 2.50 bits per heavy atom. The number of hydrogen-bond acceptors (Lipinski definition) is 7. The molecule has 8 heteroatoms. The van der Waals surface area contributed by atoms with Crippen molar-refractivity contribution in [2.24, 2.45) is 5.73 Å². The van der Waals surface area contributed by atoms with Crippen LogP contribution in [-0.4, -0.2) is 25.8 Å². The number of nitrogens with zero attached hydrogens (tertiary/aromatic N) is 4. The smallest absolute Gasteiger partial charge is 0.271 e. The fraction of sp³-hybridized carbons (Fsp3) is 0.0714. The number of primary amides is 1. The van der Waals surface area contributed by atoms with Crippen molar-refractivity contribution in [2.45, 2.75) is 6.92 Å². The minimum atomic E-state index is -0.783. The van der Waals surface area contributed by atoms with Gasteiger partial charge in [0, 0.05) is 5.56 Å². The summed E-state index contributed by atoms with van der Waals surface area (Å²) in [7, 11) is 0. The quantitative estimate of drug-likeness (QED) is 0.629. The lowest BCUT2D eigenvalue weighted by molar-refractivity contribution is 0.0996. The summed E-state index contributed by atoms with van der Waals surface area (Å²) in [6, 6.07) is 7.65. The van der Waals surface area contributed by atoms with E-state index in [0.29, 0.717) is 5.82 Å². The Balaban J connectivity index is 2.25. The number of carbonyl (C=O) groups excluding carboxylic acids is 1. The molecule has 2 heterocycles. The van der Waals surface area contributed by atoms with Crippen LogP contribution in [0.2, 0.25) is 0 Å². The second-order valence-electron chi connectivity index (χ2n) is 4.80. The minimum Gasteiger partial charge on any atom is -0.382 e. The molecule has 0 bridgehead atoms. The zero-order valence-corrected chi connectivity index (χ0v) is 11.7. The third-order valence-corrected chi connectivity index (χ3v) is 3.09. The van der Waals surface area contributed by atoms with Crippen molar-refractivity contribution < 1.29 is 4.79 Å². The molecule has 0 fully saturated rings. The average molecular weight is 295 g/mol. The second kappa shape index (κ2) is 4.92. The van der Waals surface area contributed by atoms with Gasteiger partial charge in [-0.05, 0) is 13.0 Å². The first-order valence-corrected chi connectivity index (χ1v) is 6.43. The number of nitrogen functional groups attached to an aromatic ring is 2. The SMILES string of the molecule is Cc1cccc(-c2nc(N)c3nc(C(N)=O)c(N)nc3n2)c1. The Morgan fingerprint density at radius 1 is 1.05 bits per heavy atom. The number of rotatable bonds is 2. The normalized spacial score (nSPS) is 10.8. The Hall–Kier alpha value is -3.29. The summed E-state index contributed by atoms with van der Waals surface area (Å²) >= 11 is 0. The summed E-state index contributed by atoms with van der Waals surface area (Å²) in [4.78, 5) is 27.9. The Kier molecular flexibility index (Phi) is 3.06. The maximum Gasteiger partial charge on any atom is 0.271 e. The molecule has 2 aromatic heterocycles. The van der Waals surface area contributed by atoms with Gasteiger partial charge in [-0.3, -0.25) is 4.79 Å². The Morgan fingerprint density at radius 2 is 1.82 bits per heavy atom. The average Bonchev–Trinajstić information content (AvgIpc) is 2.46. The number of nitrogens with two attached hydrogens (primary N) is 3. The number of amides is 1. The number of fused-ring (bicyclic) bond motifs is 1. The van der Waals surface area contributed by atoms with Gasteiger partial charge >= 0.3 is 0 Å². The van der Waals surface area contributed by atoms with E-state index in [1.807, 2.05) is 31.2 Å². The molecule has 3 rings (SSSR count). The molecule has 0 saturated heterocycles. The number of carbonyl (C=O) groups is 1. The number of benzene rings is 1. The van der Waals surface area contributed by atoms with Crippen molar-refractivity contribution in [3.8, 4) is 11.4 Å². The third-order valence-electron chi connectivity index (χ3n) is 3.09. The summed E-state index contributed by atoms with van der Waals surface area (Å²) in [5, 5.41) is 0. The van der Waals surface area contributed by atoms with Gasteiger partial charge < -0.3 is 17.2 Å². The molecule has 1 amide bonds. The third kappa shape index (κ3) is 2.26. The van der Waals surface area contributed by atoms with E-state index >= 15 is 0 Å². The van der Waals surface area contributed by atoms with Crippen molar-refractivity contribution in [3.05, 3.63) is 35.5 Å². The van der Waals surface area contributed by atoms with Crippen LogP contribution in [0.4, 0.5) is 11.6 Å². The van der Waals surface area contributed by atoms with Crippen LogP contribution in [0.1, 0.15) is 16.1 Å². The first-order chi connectivity index (χ1) is 10.5. The summed E-state index contributed by atoms with van der Waals surface area (Å²) in [6.07, 6.45) is 0. The highest BCUT2D eigenvalue weighted by molar-refractivity contribution is 5.98. The van der Waals surface area contributed by atoms with Crippen LogP contribution in [0.5, 0.6) is 0 Å². The molecular formula is C14H13N7O. The highest BCUT2D eigenvalue weighted by Crippen LogP contribution is 2.23.